The van der Waals surface area contributed by atoms with E-state index in [2.05, 4.69) is 24.9 Å². The van der Waals surface area contributed by atoms with Gasteiger partial charge in [0.1, 0.15) is 5.52 Å². The summed E-state index contributed by atoms with van der Waals surface area (Å²) in [6.45, 7) is 7.61. The molecule has 0 spiro atoms. The lowest BCUT2D eigenvalue weighted by atomic mass is 10.1. The lowest BCUT2D eigenvalue weighted by Gasteiger charge is -2.36. The molecule has 6 nitrogen and oxygen atoms in total. The standard InChI is InChI=1S/C19H21F2N5O/c1-3-17-23-16(24-27-17)11-25-6-8-26(9-7-25)15-10-12(2)22-19-13(15)4-5-14(20)18(19)21/h4-5,10H,3,6-9,11H2,1-2H3. The van der Waals surface area contributed by atoms with Gasteiger partial charge in [-0.1, -0.05) is 12.1 Å². The predicted molar refractivity (Wildman–Crippen MR) is 97.6 cm³/mol. The zero-order valence-electron chi connectivity index (χ0n) is 15.4. The van der Waals surface area contributed by atoms with Gasteiger partial charge in [0.25, 0.3) is 0 Å². The first kappa shape index (κ1) is 17.8. The van der Waals surface area contributed by atoms with Crippen molar-refractivity contribution >= 4 is 16.6 Å². The average molecular weight is 373 g/mol. The van der Waals surface area contributed by atoms with Crippen LogP contribution in [0.3, 0.4) is 0 Å². The van der Waals surface area contributed by atoms with Gasteiger partial charge in [-0.05, 0) is 25.1 Å². The summed E-state index contributed by atoms with van der Waals surface area (Å²) < 4.78 is 32.9. The maximum Gasteiger partial charge on any atom is 0.226 e. The number of rotatable bonds is 4. The quantitative estimate of drug-likeness (QED) is 0.701. The molecule has 0 bridgehead atoms. The number of halogens is 2. The van der Waals surface area contributed by atoms with Crippen molar-refractivity contribution in [3.63, 3.8) is 0 Å². The molecule has 4 rings (SSSR count). The zero-order chi connectivity index (χ0) is 19.0. The van der Waals surface area contributed by atoms with Crippen LogP contribution in [-0.2, 0) is 13.0 Å². The number of aromatic nitrogens is 3. The number of pyridine rings is 1. The van der Waals surface area contributed by atoms with Crippen LogP contribution in [0.15, 0.2) is 22.7 Å². The van der Waals surface area contributed by atoms with Gasteiger partial charge in [-0.3, -0.25) is 4.90 Å². The van der Waals surface area contributed by atoms with Crippen LogP contribution >= 0.6 is 0 Å². The van der Waals surface area contributed by atoms with Crippen LogP contribution in [0, 0.1) is 18.6 Å². The van der Waals surface area contributed by atoms with Crippen LogP contribution in [0.1, 0.15) is 24.3 Å². The van der Waals surface area contributed by atoms with E-state index in [-0.39, 0.29) is 5.52 Å². The zero-order valence-corrected chi connectivity index (χ0v) is 15.4. The topological polar surface area (TPSA) is 58.3 Å². The van der Waals surface area contributed by atoms with Crippen molar-refractivity contribution in [2.75, 3.05) is 31.1 Å². The molecule has 27 heavy (non-hydrogen) atoms. The molecule has 0 unspecified atom stereocenters. The summed E-state index contributed by atoms with van der Waals surface area (Å²) in [5.74, 6) is -0.414. The van der Waals surface area contributed by atoms with Crippen molar-refractivity contribution in [2.24, 2.45) is 0 Å². The molecule has 3 heterocycles. The van der Waals surface area contributed by atoms with Gasteiger partial charge < -0.3 is 9.42 Å². The Hall–Kier alpha value is -2.61. The molecule has 0 radical (unpaired) electrons. The summed E-state index contributed by atoms with van der Waals surface area (Å²) >= 11 is 0. The Kier molecular flexibility index (Phi) is 4.73. The Morgan fingerprint density at radius 3 is 2.59 bits per heavy atom. The molecule has 142 valence electrons. The molecule has 0 N–H and O–H groups in total. The Balaban J connectivity index is 1.52. The van der Waals surface area contributed by atoms with Crippen molar-refractivity contribution in [3.8, 4) is 0 Å². The van der Waals surface area contributed by atoms with E-state index in [0.717, 1.165) is 44.4 Å². The molecular formula is C19H21F2N5O. The highest BCUT2D eigenvalue weighted by molar-refractivity contribution is 5.92. The minimum Gasteiger partial charge on any atom is -0.368 e. The van der Waals surface area contributed by atoms with Crippen LogP contribution in [0.2, 0.25) is 0 Å². The highest BCUT2D eigenvalue weighted by Crippen LogP contribution is 2.30. The van der Waals surface area contributed by atoms with Crippen molar-refractivity contribution in [3.05, 3.63) is 47.2 Å². The van der Waals surface area contributed by atoms with Gasteiger partial charge in [0.2, 0.25) is 5.89 Å². The van der Waals surface area contributed by atoms with E-state index in [1.165, 1.54) is 0 Å². The van der Waals surface area contributed by atoms with Gasteiger partial charge in [-0.25, -0.2) is 13.8 Å². The summed E-state index contributed by atoms with van der Waals surface area (Å²) in [5, 5.41) is 4.64. The second-order valence-electron chi connectivity index (χ2n) is 6.76. The van der Waals surface area contributed by atoms with E-state index >= 15 is 0 Å². The second-order valence-corrected chi connectivity index (χ2v) is 6.76. The number of aryl methyl sites for hydroxylation is 2. The molecule has 0 aliphatic carbocycles. The molecule has 3 aromatic rings. The normalized spacial score (nSPS) is 15.6. The minimum atomic E-state index is -0.889. The maximum absolute atomic E-state index is 14.2. The van der Waals surface area contributed by atoms with Crippen molar-refractivity contribution in [2.45, 2.75) is 26.8 Å². The number of anilines is 1. The summed E-state index contributed by atoms with van der Waals surface area (Å²) in [5.41, 5.74) is 1.65. The first-order valence-corrected chi connectivity index (χ1v) is 9.09. The number of benzene rings is 1. The Labute approximate surface area is 155 Å². The molecule has 0 atom stereocenters. The summed E-state index contributed by atoms with van der Waals surface area (Å²) in [6, 6.07) is 4.70. The minimum absolute atomic E-state index is 0.0892. The molecule has 1 aliphatic rings. The summed E-state index contributed by atoms with van der Waals surface area (Å²) in [6.07, 6.45) is 0.729. The molecule has 1 aromatic carbocycles. The Bertz CT molecular complexity index is 966. The molecular weight excluding hydrogens is 352 g/mol. The van der Waals surface area contributed by atoms with E-state index in [1.807, 2.05) is 13.0 Å². The first-order chi connectivity index (χ1) is 13.0. The Morgan fingerprint density at radius 2 is 1.89 bits per heavy atom. The van der Waals surface area contributed by atoms with E-state index < -0.39 is 11.6 Å². The number of hydrogen-bond donors (Lipinski definition) is 0. The van der Waals surface area contributed by atoms with Crippen LogP contribution in [0.4, 0.5) is 14.5 Å². The van der Waals surface area contributed by atoms with Crippen LogP contribution in [-0.4, -0.2) is 46.2 Å². The second kappa shape index (κ2) is 7.19. The predicted octanol–water partition coefficient (Wildman–Crippen LogP) is 3.09. The van der Waals surface area contributed by atoms with Gasteiger partial charge in [0.05, 0.1) is 6.54 Å². The third-order valence-corrected chi connectivity index (χ3v) is 4.87. The van der Waals surface area contributed by atoms with E-state index in [9.17, 15) is 8.78 Å². The van der Waals surface area contributed by atoms with E-state index in [1.54, 1.807) is 13.0 Å². The SMILES string of the molecule is CCc1nc(CN2CCN(c3cc(C)nc4c(F)c(F)ccc34)CC2)no1. The Morgan fingerprint density at radius 1 is 1.11 bits per heavy atom. The summed E-state index contributed by atoms with van der Waals surface area (Å²) in [7, 11) is 0. The fraction of sp³-hybridized carbons (Fsp3) is 0.421. The molecule has 2 aromatic heterocycles. The molecule has 0 amide bonds. The number of fused-ring (bicyclic) bond motifs is 1. The lowest BCUT2D eigenvalue weighted by Crippen LogP contribution is -2.46. The molecule has 1 aliphatic heterocycles. The maximum atomic E-state index is 14.2. The monoisotopic (exact) mass is 373 g/mol. The third-order valence-electron chi connectivity index (χ3n) is 4.87. The average Bonchev–Trinajstić information content (AvgIpc) is 3.13. The largest absolute Gasteiger partial charge is 0.368 e. The van der Waals surface area contributed by atoms with E-state index in [4.69, 9.17) is 4.52 Å². The number of hydrogen-bond acceptors (Lipinski definition) is 6. The van der Waals surface area contributed by atoms with Gasteiger partial charge in [0, 0.05) is 49.4 Å². The number of nitrogens with zero attached hydrogens (tertiary/aromatic N) is 5. The lowest BCUT2D eigenvalue weighted by molar-refractivity contribution is 0.240. The van der Waals surface area contributed by atoms with Gasteiger partial charge in [-0.15, -0.1) is 0 Å². The molecule has 8 heteroatoms. The van der Waals surface area contributed by atoms with E-state index in [0.29, 0.717) is 29.3 Å². The van der Waals surface area contributed by atoms with Gasteiger partial charge >= 0.3 is 0 Å². The van der Waals surface area contributed by atoms with Crippen LogP contribution in [0.5, 0.6) is 0 Å². The van der Waals surface area contributed by atoms with Crippen LogP contribution < -0.4 is 4.90 Å². The molecule has 1 fully saturated rings. The molecule has 0 saturated carbocycles. The van der Waals surface area contributed by atoms with Gasteiger partial charge in [-0.2, -0.15) is 4.98 Å². The summed E-state index contributed by atoms with van der Waals surface area (Å²) in [4.78, 5) is 13.0. The van der Waals surface area contributed by atoms with Crippen molar-refractivity contribution in [1.29, 1.82) is 0 Å². The molecule has 1 saturated heterocycles. The fourth-order valence-electron chi connectivity index (χ4n) is 3.45. The third kappa shape index (κ3) is 3.49. The highest BCUT2D eigenvalue weighted by atomic mass is 19.2. The number of piperazine rings is 1. The fourth-order valence-corrected chi connectivity index (χ4v) is 3.45. The van der Waals surface area contributed by atoms with Gasteiger partial charge in [0.15, 0.2) is 17.5 Å². The van der Waals surface area contributed by atoms with Crippen molar-refractivity contribution in [1.82, 2.24) is 20.0 Å². The van der Waals surface area contributed by atoms with Crippen LogP contribution in [0.25, 0.3) is 10.9 Å². The van der Waals surface area contributed by atoms with Crippen molar-refractivity contribution < 1.29 is 13.3 Å². The first-order valence-electron chi connectivity index (χ1n) is 9.09. The smallest absolute Gasteiger partial charge is 0.226 e. The highest BCUT2D eigenvalue weighted by Gasteiger charge is 2.22.